The molecule has 0 aliphatic heterocycles. The summed E-state index contributed by atoms with van der Waals surface area (Å²) in [7, 11) is 0. The summed E-state index contributed by atoms with van der Waals surface area (Å²) in [6.07, 6.45) is 10.0. The Morgan fingerprint density at radius 1 is 1.18 bits per heavy atom. The summed E-state index contributed by atoms with van der Waals surface area (Å²) in [6, 6.07) is 0. The van der Waals surface area contributed by atoms with Gasteiger partial charge in [0.2, 0.25) is 0 Å². The molecular formula is C11H19. The maximum absolute atomic E-state index is 2.63. The molecule has 0 aromatic carbocycles. The van der Waals surface area contributed by atoms with Crippen LogP contribution in [0, 0.1) is 23.7 Å². The van der Waals surface area contributed by atoms with Gasteiger partial charge in [-0.25, -0.2) is 0 Å². The third-order valence-corrected chi connectivity index (χ3v) is 3.25. The molecule has 0 aromatic heterocycles. The molecule has 0 nitrogen and oxygen atoms in total. The third kappa shape index (κ3) is 1.77. The summed E-state index contributed by atoms with van der Waals surface area (Å²) >= 11 is 0. The molecule has 2 saturated carbocycles. The van der Waals surface area contributed by atoms with E-state index in [2.05, 4.69) is 20.3 Å². The lowest BCUT2D eigenvalue weighted by Crippen LogP contribution is -2.24. The zero-order valence-electron chi connectivity index (χ0n) is 7.77. The second kappa shape index (κ2) is 2.50. The van der Waals surface area contributed by atoms with Gasteiger partial charge in [0.05, 0.1) is 0 Å². The van der Waals surface area contributed by atoms with Crippen LogP contribution in [0.1, 0.15) is 46.0 Å². The molecule has 1 radical (unpaired) electrons. The van der Waals surface area contributed by atoms with Crippen molar-refractivity contribution in [2.45, 2.75) is 46.0 Å². The summed E-state index contributed by atoms with van der Waals surface area (Å²) in [5.41, 5.74) is 0.547. The van der Waals surface area contributed by atoms with E-state index in [1.54, 1.807) is 0 Å². The van der Waals surface area contributed by atoms with Crippen molar-refractivity contribution in [3.63, 3.8) is 0 Å². The van der Waals surface area contributed by atoms with Crippen LogP contribution in [-0.2, 0) is 0 Å². The van der Waals surface area contributed by atoms with E-state index < -0.39 is 0 Å². The summed E-state index contributed by atoms with van der Waals surface area (Å²) in [5.74, 6) is 2.08. The third-order valence-electron chi connectivity index (χ3n) is 3.25. The molecule has 0 saturated heterocycles. The Bertz CT molecular complexity index is 142. The van der Waals surface area contributed by atoms with E-state index in [0.717, 1.165) is 11.8 Å². The van der Waals surface area contributed by atoms with E-state index in [1.807, 2.05) is 0 Å². The monoisotopic (exact) mass is 151 g/mol. The maximum Gasteiger partial charge on any atom is -0.0295 e. The van der Waals surface area contributed by atoms with Crippen LogP contribution in [0.25, 0.3) is 0 Å². The molecule has 2 fully saturated rings. The standard InChI is InChI=1S/C11H19/c1-11(2)7-3-4-10(8-11)9-5-6-9/h8-10H,3-7H2,1-2H3. The first-order chi connectivity index (χ1) is 5.17. The molecule has 0 bridgehead atoms. The summed E-state index contributed by atoms with van der Waals surface area (Å²) in [5, 5.41) is 0. The highest BCUT2D eigenvalue weighted by molar-refractivity contribution is 5.00. The number of rotatable bonds is 1. The molecule has 63 valence electrons. The first kappa shape index (κ1) is 7.64. The lowest BCUT2D eigenvalue weighted by atomic mass is 9.71. The van der Waals surface area contributed by atoms with Crippen LogP contribution in [-0.4, -0.2) is 0 Å². The van der Waals surface area contributed by atoms with Gasteiger partial charge in [0.1, 0.15) is 0 Å². The summed E-state index contributed by atoms with van der Waals surface area (Å²) in [6.45, 7) is 4.78. The van der Waals surface area contributed by atoms with Crippen molar-refractivity contribution in [3.8, 4) is 0 Å². The smallest absolute Gasteiger partial charge is 0.0295 e. The Morgan fingerprint density at radius 2 is 1.91 bits per heavy atom. The minimum atomic E-state index is 0.547. The molecular weight excluding hydrogens is 132 g/mol. The second-order valence-electron chi connectivity index (χ2n) is 5.05. The number of hydrogen-bond donors (Lipinski definition) is 0. The van der Waals surface area contributed by atoms with Crippen LogP contribution >= 0.6 is 0 Å². The van der Waals surface area contributed by atoms with Gasteiger partial charge in [0.25, 0.3) is 0 Å². The lowest BCUT2D eigenvalue weighted by molar-refractivity contribution is 0.253. The molecule has 0 aromatic rings. The van der Waals surface area contributed by atoms with Crippen molar-refractivity contribution in [1.82, 2.24) is 0 Å². The highest BCUT2D eigenvalue weighted by atomic mass is 14.4. The van der Waals surface area contributed by atoms with E-state index in [1.165, 1.54) is 32.1 Å². The fourth-order valence-corrected chi connectivity index (χ4v) is 2.44. The quantitative estimate of drug-likeness (QED) is 0.538. The van der Waals surface area contributed by atoms with Crippen molar-refractivity contribution in [2.24, 2.45) is 17.3 Å². The van der Waals surface area contributed by atoms with Gasteiger partial charge in [-0.1, -0.05) is 20.3 Å². The summed E-state index contributed by atoms with van der Waals surface area (Å²) < 4.78 is 0. The predicted molar refractivity (Wildman–Crippen MR) is 48.1 cm³/mol. The Morgan fingerprint density at radius 3 is 2.45 bits per heavy atom. The fraction of sp³-hybridized carbons (Fsp3) is 0.909. The lowest BCUT2D eigenvalue weighted by Gasteiger charge is -2.35. The van der Waals surface area contributed by atoms with E-state index in [-0.39, 0.29) is 0 Å². The van der Waals surface area contributed by atoms with E-state index >= 15 is 0 Å². The first-order valence-electron chi connectivity index (χ1n) is 5.03. The molecule has 0 N–H and O–H groups in total. The van der Waals surface area contributed by atoms with Crippen LogP contribution in [0.4, 0.5) is 0 Å². The second-order valence-corrected chi connectivity index (χ2v) is 5.05. The molecule has 11 heavy (non-hydrogen) atoms. The molecule has 0 heterocycles. The van der Waals surface area contributed by atoms with Gasteiger partial charge in [-0.15, -0.1) is 0 Å². The Balaban J connectivity index is 1.92. The van der Waals surface area contributed by atoms with E-state index in [4.69, 9.17) is 0 Å². The molecule has 2 rings (SSSR count). The van der Waals surface area contributed by atoms with Gasteiger partial charge < -0.3 is 0 Å². The van der Waals surface area contributed by atoms with Crippen LogP contribution in [0.15, 0.2) is 0 Å². The molecule has 2 aliphatic rings. The van der Waals surface area contributed by atoms with Gasteiger partial charge in [0, 0.05) is 0 Å². The Kier molecular flexibility index (Phi) is 1.74. The highest BCUT2D eigenvalue weighted by Gasteiger charge is 2.37. The Hall–Kier alpha value is 0. The zero-order valence-corrected chi connectivity index (χ0v) is 7.77. The largest absolute Gasteiger partial charge is 0.0596 e. The minimum absolute atomic E-state index is 0.547. The summed E-state index contributed by atoms with van der Waals surface area (Å²) in [4.78, 5) is 0. The van der Waals surface area contributed by atoms with Crippen molar-refractivity contribution < 1.29 is 0 Å². The van der Waals surface area contributed by atoms with Crippen molar-refractivity contribution >= 4 is 0 Å². The topological polar surface area (TPSA) is 0 Å². The van der Waals surface area contributed by atoms with Crippen molar-refractivity contribution in [1.29, 1.82) is 0 Å². The van der Waals surface area contributed by atoms with Gasteiger partial charge in [-0.3, -0.25) is 0 Å². The molecule has 1 atom stereocenters. The number of hydrogen-bond acceptors (Lipinski definition) is 0. The van der Waals surface area contributed by atoms with E-state index in [9.17, 15) is 0 Å². The van der Waals surface area contributed by atoms with Crippen LogP contribution in [0.5, 0.6) is 0 Å². The van der Waals surface area contributed by atoms with Crippen molar-refractivity contribution in [2.75, 3.05) is 0 Å². The average molecular weight is 151 g/mol. The van der Waals surface area contributed by atoms with Gasteiger partial charge in [-0.05, 0) is 49.4 Å². The Labute approximate surface area is 70.4 Å². The predicted octanol–water partition coefficient (Wildman–Crippen LogP) is 3.43. The van der Waals surface area contributed by atoms with Gasteiger partial charge in [-0.2, -0.15) is 0 Å². The molecule has 0 spiro atoms. The minimum Gasteiger partial charge on any atom is -0.0596 e. The van der Waals surface area contributed by atoms with Crippen molar-refractivity contribution in [3.05, 3.63) is 6.42 Å². The van der Waals surface area contributed by atoms with Gasteiger partial charge in [0.15, 0.2) is 0 Å². The van der Waals surface area contributed by atoms with Crippen LogP contribution < -0.4 is 0 Å². The normalized spacial score (nSPS) is 37.1. The maximum atomic E-state index is 2.63. The van der Waals surface area contributed by atoms with E-state index in [0.29, 0.717) is 5.41 Å². The zero-order chi connectivity index (χ0) is 7.90. The van der Waals surface area contributed by atoms with Crippen LogP contribution in [0.2, 0.25) is 0 Å². The molecule has 2 aliphatic carbocycles. The molecule has 1 unspecified atom stereocenters. The average Bonchev–Trinajstić information content (AvgIpc) is 2.65. The highest BCUT2D eigenvalue weighted by Crippen LogP contribution is 2.48. The molecule has 0 heteroatoms. The SMILES string of the molecule is CC1(C)[CH]C(C2CC2)CCC1. The fourth-order valence-electron chi connectivity index (χ4n) is 2.44. The first-order valence-corrected chi connectivity index (χ1v) is 5.03. The molecule has 0 amide bonds. The van der Waals surface area contributed by atoms with Crippen LogP contribution in [0.3, 0.4) is 0 Å². The van der Waals surface area contributed by atoms with Gasteiger partial charge >= 0.3 is 0 Å².